The van der Waals surface area contributed by atoms with E-state index in [0.29, 0.717) is 5.75 Å². The SMILES string of the molecule is CCC(CC)=NNC(=O)COc1ccc(Br)cc1C. The van der Waals surface area contributed by atoms with Crippen molar-refractivity contribution in [2.24, 2.45) is 5.10 Å². The number of carbonyl (C=O) groups excluding carboxylic acids is 1. The number of amides is 1. The molecule has 0 fully saturated rings. The van der Waals surface area contributed by atoms with Crippen LogP contribution in [0.1, 0.15) is 32.3 Å². The molecule has 0 spiro atoms. The van der Waals surface area contributed by atoms with Crippen LogP contribution in [0, 0.1) is 6.92 Å². The van der Waals surface area contributed by atoms with Gasteiger partial charge in [0.2, 0.25) is 0 Å². The Labute approximate surface area is 122 Å². The predicted molar refractivity (Wildman–Crippen MR) is 80.5 cm³/mol. The van der Waals surface area contributed by atoms with Crippen LogP contribution in [-0.4, -0.2) is 18.2 Å². The molecule has 1 N–H and O–H groups in total. The molecule has 1 aromatic rings. The fraction of sp³-hybridized carbons (Fsp3) is 0.429. The minimum Gasteiger partial charge on any atom is -0.483 e. The van der Waals surface area contributed by atoms with Crippen LogP contribution in [0.3, 0.4) is 0 Å². The molecule has 0 aliphatic rings. The van der Waals surface area contributed by atoms with Crippen molar-refractivity contribution in [3.8, 4) is 5.75 Å². The fourth-order valence-electron chi connectivity index (χ4n) is 1.50. The third-order valence-corrected chi connectivity index (χ3v) is 3.14. The van der Waals surface area contributed by atoms with Gasteiger partial charge in [-0.3, -0.25) is 4.79 Å². The smallest absolute Gasteiger partial charge is 0.277 e. The summed E-state index contributed by atoms with van der Waals surface area (Å²) in [5, 5.41) is 4.04. The number of carbonyl (C=O) groups is 1. The first-order chi connectivity index (χ1) is 9.06. The standard InChI is InChI=1S/C14H19BrN2O2/c1-4-12(5-2)16-17-14(18)9-19-13-7-6-11(15)8-10(13)3/h6-8H,4-5,9H2,1-3H3,(H,17,18). The van der Waals surface area contributed by atoms with Gasteiger partial charge in [0.15, 0.2) is 6.61 Å². The maximum atomic E-state index is 11.6. The average Bonchev–Trinajstić information content (AvgIpc) is 2.39. The van der Waals surface area contributed by atoms with E-state index < -0.39 is 0 Å². The van der Waals surface area contributed by atoms with Crippen LogP contribution in [0.2, 0.25) is 0 Å². The van der Waals surface area contributed by atoms with Gasteiger partial charge in [-0.05, 0) is 43.5 Å². The molecule has 0 unspecified atom stereocenters. The quantitative estimate of drug-likeness (QED) is 0.643. The lowest BCUT2D eigenvalue weighted by Gasteiger charge is -2.08. The molecule has 0 heterocycles. The molecule has 0 aliphatic carbocycles. The molecule has 19 heavy (non-hydrogen) atoms. The van der Waals surface area contributed by atoms with Gasteiger partial charge in [-0.2, -0.15) is 5.10 Å². The van der Waals surface area contributed by atoms with Gasteiger partial charge in [-0.25, -0.2) is 5.43 Å². The molecular formula is C14H19BrN2O2. The van der Waals surface area contributed by atoms with E-state index >= 15 is 0 Å². The summed E-state index contributed by atoms with van der Waals surface area (Å²) in [6, 6.07) is 5.65. The zero-order valence-electron chi connectivity index (χ0n) is 11.5. The van der Waals surface area contributed by atoms with Crippen LogP contribution in [0.4, 0.5) is 0 Å². The van der Waals surface area contributed by atoms with E-state index in [1.807, 2.05) is 39.0 Å². The summed E-state index contributed by atoms with van der Waals surface area (Å²) in [6.45, 7) is 5.92. The fourth-order valence-corrected chi connectivity index (χ4v) is 1.98. The van der Waals surface area contributed by atoms with Crippen molar-refractivity contribution in [2.75, 3.05) is 6.61 Å². The first-order valence-electron chi connectivity index (χ1n) is 6.30. The van der Waals surface area contributed by atoms with Crippen LogP contribution in [0.5, 0.6) is 5.75 Å². The third kappa shape index (κ3) is 5.42. The average molecular weight is 327 g/mol. The highest BCUT2D eigenvalue weighted by Gasteiger charge is 2.04. The lowest BCUT2D eigenvalue weighted by molar-refractivity contribution is -0.123. The Morgan fingerprint density at radius 1 is 1.37 bits per heavy atom. The van der Waals surface area contributed by atoms with Crippen molar-refractivity contribution in [1.82, 2.24) is 5.43 Å². The second-order valence-electron chi connectivity index (χ2n) is 4.12. The number of nitrogens with one attached hydrogen (secondary N) is 1. The first-order valence-corrected chi connectivity index (χ1v) is 7.09. The normalized spacial score (nSPS) is 9.89. The van der Waals surface area contributed by atoms with Gasteiger partial charge in [0.25, 0.3) is 5.91 Å². The molecule has 1 amide bonds. The van der Waals surface area contributed by atoms with Crippen LogP contribution >= 0.6 is 15.9 Å². The second kappa shape index (κ2) is 7.94. The molecule has 0 aliphatic heterocycles. The number of halogens is 1. The molecule has 4 nitrogen and oxygen atoms in total. The van der Waals surface area contributed by atoms with E-state index in [2.05, 4.69) is 26.5 Å². The Morgan fingerprint density at radius 2 is 2.05 bits per heavy atom. The lowest BCUT2D eigenvalue weighted by atomic mass is 10.2. The number of hydrogen-bond acceptors (Lipinski definition) is 3. The Morgan fingerprint density at radius 3 is 2.63 bits per heavy atom. The molecular weight excluding hydrogens is 308 g/mol. The minimum absolute atomic E-state index is 0.0350. The highest BCUT2D eigenvalue weighted by atomic mass is 79.9. The van der Waals surface area contributed by atoms with Gasteiger partial charge >= 0.3 is 0 Å². The van der Waals surface area contributed by atoms with Crippen molar-refractivity contribution in [1.29, 1.82) is 0 Å². The third-order valence-electron chi connectivity index (χ3n) is 2.65. The van der Waals surface area contributed by atoms with E-state index in [1.165, 1.54) is 0 Å². The van der Waals surface area contributed by atoms with Gasteiger partial charge in [0.1, 0.15) is 5.75 Å². The van der Waals surface area contributed by atoms with E-state index in [9.17, 15) is 4.79 Å². The lowest BCUT2D eigenvalue weighted by Crippen LogP contribution is -2.25. The minimum atomic E-state index is -0.248. The molecule has 104 valence electrons. The maximum Gasteiger partial charge on any atom is 0.277 e. The largest absolute Gasteiger partial charge is 0.483 e. The second-order valence-corrected chi connectivity index (χ2v) is 5.03. The maximum absolute atomic E-state index is 11.6. The first kappa shape index (κ1) is 15.7. The monoisotopic (exact) mass is 326 g/mol. The van der Waals surface area contributed by atoms with Crippen molar-refractivity contribution >= 4 is 27.5 Å². The van der Waals surface area contributed by atoms with Crippen LogP contribution in [0.15, 0.2) is 27.8 Å². The number of ether oxygens (including phenoxy) is 1. The van der Waals surface area contributed by atoms with Crippen molar-refractivity contribution in [3.05, 3.63) is 28.2 Å². The number of benzene rings is 1. The molecule has 0 aromatic heterocycles. The zero-order chi connectivity index (χ0) is 14.3. The molecule has 1 rings (SSSR count). The number of hydrazone groups is 1. The van der Waals surface area contributed by atoms with Gasteiger partial charge < -0.3 is 4.74 Å². The number of aryl methyl sites for hydroxylation is 1. The van der Waals surface area contributed by atoms with Crippen molar-refractivity contribution < 1.29 is 9.53 Å². The molecule has 0 saturated carbocycles. The topological polar surface area (TPSA) is 50.7 Å². The number of rotatable bonds is 6. The Hall–Kier alpha value is -1.36. The highest BCUT2D eigenvalue weighted by molar-refractivity contribution is 9.10. The summed E-state index contributed by atoms with van der Waals surface area (Å²) < 4.78 is 6.44. The number of nitrogens with zero attached hydrogens (tertiary/aromatic N) is 1. The highest BCUT2D eigenvalue weighted by Crippen LogP contribution is 2.21. The Bertz CT molecular complexity index is 467. The van der Waals surface area contributed by atoms with Gasteiger partial charge in [-0.15, -0.1) is 0 Å². The molecule has 0 atom stereocenters. The zero-order valence-corrected chi connectivity index (χ0v) is 13.1. The van der Waals surface area contributed by atoms with Gasteiger partial charge in [0.05, 0.1) is 0 Å². The van der Waals surface area contributed by atoms with Crippen LogP contribution < -0.4 is 10.2 Å². The Kier molecular flexibility index (Phi) is 6.56. The van der Waals surface area contributed by atoms with Crippen LogP contribution in [-0.2, 0) is 4.79 Å². The van der Waals surface area contributed by atoms with E-state index in [1.54, 1.807) is 0 Å². The molecule has 1 aromatic carbocycles. The van der Waals surface area contributed by atoms with Gasteiger partial charge in [0, 0.05) is 10.2 Å². The summed E-state index contributed by atoms with van der Waals surface area (Å²) in [7, 11) is 0. The molecule has 5 heteroatoms. The summed E-state index contributed by atoms with van der Waals surface area (Å²) in [4.78, 5) is 11.6. The van der Waals surface area contributed by atoms with Crippen molar-refractivity contribution in [2.45, 2.75) is 33.6 Å². The summed E-state index contributed by atoms with van der Waals surface area (Å²) in [5.74, 6) is 0.454. The van der Waals surface area contributed by atoms with E-state index in [4.69, 9.17) is 4.74 Å². The van der Waals surface area contributed by atoms with E-state index in [-0.39, 0.29) is 12.5 Å². The van der Waals surface area contributed by atoms with Crippen LogP contribution in [0.25, 0.3) is 0 Å². The molecule has 0 radical (unpaired) electrons. The summed E-state index contributed by atoms with van der Waals surface area (Å²) in [6.07, 6.45) is 1.67. The van der Waals surface area contributed by atoms with E-state index in [0.717, 1.165) is 28.6 Å². The Balaban J connectivity index is 2.48. The van der Waals surface area contributed by atoms with Gasteiger partial charge in [-0.1, -0.05) is 29.8 Å². The number of hydrogen-bond donors (Lipinski definition) is 1. The predicted octanol–water partition coefficient (Wildman–Crippen LogP) is 3.43. The summed E-state index contributed by atoms with van der Waals surface area (Å²) in [5.41, 5.74) is 4.45. The molecule has 0 saturated heterocycles. The molecule has 0 bridgehead atoms. The summed E-state index contributed by atoms with van der Waals surface area (Å²) >= 11 is 3.38. The van der Waals surface area contributed by atoms with Crippen molar-refractivity contribution in [3.63, 3.8) is 0 Å².